The Morgan fingerprint density at radius 2 is 1.95 bits per heavy atom. The van der Waals surface area contributed by atoms with Crippen LogP contribution in [0.2, 0.25) is 5.02 Å². The number of rotatable bonds is 6. The smallest absolute Gasteiger partial charge is 0.122 e. The molecule has 1 unspecified atom stereocenters. The van der Waals surface area contributed by atoms with Crippen LogP contribution in [0.1, 0.15) is 29.7 Å². The summed E-state index contributed by atoms with van der Waals surface area (Å²) in [5.74, 6) is 0.929. The van der Waals surface area contributed by atoms with Gasteiger partial charge in [-0.05, 0) is 48.7 Å². The summed E-state index contributed by atoms with van der Waals surface area (Å²) in [6.07, 6.45) is 0.872. The number of aryl methyl sites for hydroxylation is 1. The van der Waals surface area contributed by atoms with Crippen LogP contribution in [0, 0.1) is 6.92 Å². The van der Waals surface area contributed by atoms with E-state index in [1.807, 2.05) is 25.1 Å². The van der Waals surface area contributed by atoms with Gasteiger partial charge in [0.2, 0.25) is 0 Å². The molecular weight excluding hydrogens is 282 g/mol. The van der Waals surface area contributed by atoms with E-state index in [-0.39, 0.29) is 6.04 Å². The van der Waals surface area contributed by atoms with Crippen LogP contribution in [0.5, 0.6) is 5.75 Å². The number of hydrogen-bond acceptors (Lipinski definition) is 2. The van der Waals surface area contributed by atoms with Crippen molar-refractivity contribution in [2.75, 3.05) is 13.7 Å². The van der Waals surface area contributed by atoms with Gasteiger partial charge in [0.1, 0.15) is 5.75 Å². The van der Waals surface area contributed by atoms with Gasteiger partial charge in [0, 0.05) is 11.1 Å². The topological polar surface area (TPSA) is 21.3 Å². The molecule has 112 valence electrons. The predicted molar refractivity (Wildman–Crippen MR) is 89.3 cm³/mol. The molecule has 1 N–H and O–H groups in total. The molecule has 0 saturated carbocycles. The van der Waals surface area contributed by atoms with E-state index < -0.39 is 0 Å². The van der Waals surface area contributed by atoms with Crippen molar-refractivity contribution in [3.8, 4) is 5.75 Å². The summed E-state index contributed by atoms with van der Waals surface area (Å²) >= 11 is 6.27. The Morgan fingerprint density at radius 1 is 1.19 bits per heavy atom. The second kappa shape index (κ2) is 7.48. The van der Waals surface area contributed by atoms with Crippen LogP contribution >= 0.6 is 11.6 Å². The zero-order valence-electron chi connectivity index (χ0n) is 12.8. The van der Waals surface area contributed by atoms with E-state index in [0.717, 1.165) is 29.3 Å². The van der Waals surface area contributed by atoms with Crippen LogP contribution in [-0.2, 0) is 6.42 Å². The number of methoxy groups -OCH3 is 1. The Kier molecular flexibility index (Phi) is 5.66. The number of hydrogen-bond donors (Lipinski definition) is 1. The van der Waals surface area contributed by atoms with E-state index >= 15 is 0 Å². The van der Waals surface area contributed by atoms with Crippen molar-refractivity contribution in [3.63, 3.8) is 0 Å². The van der Waals surface area contributed by atoms with Crippen LogP contribution in [-0.4, -0.2) is 13.7 Å². The summed E-state index contributed by atoms with van der Waals surface area (Å²) in [5, 5.41) is 4.35. The maximum absolute atomic E-state index is 6.27. The van der Waals surface area contributed by atoms with E-state index in [0.29, 0.717) is 0 Å². The number of nitrogens with one attached hydrogen (secondary N) is 1. The Hall–Kier alpha value is -1.51. The molecule has 0 aliphatic heterocycles. The lowest BCUT2D eigenvalue weighted by Gasteiger charge is -2.20. The SMILES string of the molecule is CCNC(Cc1ccccc1OC)c1ccc(C)c(Cl)c1. The predicted octanol–water partition coefficient (Wildman–Crippen LogP) is 4.55. The molecule has 0 aromatic heterocycles. The molecule has 0 bridgehead atoms. The Bertz CT molecular complexity index is 598. The van der Waals surface area contributed by atoms with Crippen LogP contribution in [0.15, 0.2) is 42.5 Å². The van der Waals surface area contributed by atoms with E-state index in [9.17, 15) is 0 Å². The minimum Gasteiger partial charge on any atom is -0.496 e. The highest BCUT2D eigenvalue weighted by Crippen LogP contribution is 2.27. The molecular formula is C18H22ClNO. The first-order valence-electron chi connectivity index (χ1n) is 7.27. The van der Waals surface area contributed by atoms with E-state index in [2.05, 4.69) is 36.5 Å². The highest BCUT2D eigenvalue weighted by atomic mass is 35.5. The molecule has 3 heteroatoms. The lowest BCUT2D eigenvalue weighted by Crippen LogP contribution is -2.23. The number of likely N-dealkylation sites (N-methyl/N-ethyl adjacent to an activating group) is 1. The third-order valence-electron chi connectivity index (χ3n) is 3.67. The van der Waals surface area contributed by atoms with Gasteiger partial charge in [-0.3, -0.25) is 0 Å². The fraction of sp³-hybridized carbons (Fsp3) is 0.333. The average Bonchev–Trinajstić information content (AvgIpc) is 2.50. The Labute approximate surface area is 132 Å². The van der Waals surface area contributed by atoms with E-state index in [1.54, 1.807) is 7.11 Å². The largest absolute Gasteiger partial charge is 0.496 e. The normalized spacial score (nSPS) is 12.2. The van der Waals surface area contributed by atoms with Crippen LogP contribution in [0.4, 0.5) is 0 Å². The summed E-state index contributed by atoms with van der Waals surface area (Å²) in [5.41, 5.74) is 3.51. The quantitative estimate of drug-likeness (QED) is 0.845. The minimum absolute atomic E-state index is 0.226. The van der Waals surface area contributed by atoms with Crippen molar-refractivity contribution >= 4 is 11.6 Å². The third kappa shape index (κ3) is 3.99. The maximum Gasteiger partial charge on any atom is 0.122 e. The molecule has 2 aromatic rings. The van der Waals surface area contributed by atoms with Crippen molar-refractivity contribution in [3.05, 3.63) is 64.2 Å². The summed E-state index contributed by atoms with van der Waals surface area (Å²) < 4.78 is 5.45. The zero-order chi connectivity index (χ0) is 15.2. The van der Waals surface area contributed by atoms with Gasteiger partial charge in [-0.15, -0.1) is 0 Å². The Balaban J connectivity index is 2.28. The van der Waals surface area contributed by atoms with Crippen LogP contribution in [0.25, 0.3) is 0 Å². The van der Waals surface area contributed by atoms with Crippen molar-refractivity contribution in [1.29, 1.82) is 0 Å². The van der Waals surface area contributed by atoms with Crippen molar-refractivity contribution in [2.24, 2.45) is 0 Å². The van der Waals surface area contributed by atoms with E-state index in [4.69, 9.17) is 16.3 Å². The molecule has 1 atom stereocenters. The lowest BCUT2D eigenvalue weighted by atomic mass is 9.97. The van der Waals surface area contributed by atoms with Gasteiger partial charge in [-0.2, -0.15) is 0 Å². The number of benzene rings is 2. The van der Waals surface area contributed by atoms with Gasteiger partial charge in [-0.25, -0.2) is 0 Å². The molecule has 2 rings (SSSR count). The monoisotopic (exact) mass is 303 g/mol. The molecule has 2 aromatic carbocycles. The van der Waals surface area contributed by atoms with Gasteiger partial charge in [-0.1, -0.05) is 48.9 Å². The number of para-hydroxylation sites is 1. The van der Waals surface area contributed by atoms with Gasteiger partial charge in [0.25, 0.3) is 0 Å². The number of halogens is 1. The summed E-state index contributed by atoms with van der Waals surface area (Å²) in [6, 6.07) is 14.6. The third-order valence-corrected chi connectivity index (χ3v) is 4.07. The fourth-order valence-corrected chi connectivity index (χ4v) is 2.66. The minimum atomic E-state index is 0.226. The molecule has 21 heavy (non-hydrogen) atoms. The summed E-state index contributed by atoms with van der Waals surface area (Å²) in [7, 11) is 1.71. The highest BCUT2D eigenvalue weighted by molar-refractivity contribution is 6.31. The first-order chi connectivity index (χ1) is 10.2. The van der Waals surface area contributed by atoms with Crippen molar-refractivity contribution < 1.29 is 4.74 Å². The molecule has 0 aliphatic rings. The second-order valence-corrected chi connectivity index (χ2v) is 5.54. The van der Waals surface area contributed by atoms with Gasteiger partial charge >= 0.3 is 0 Å². The lowest BCUT2D eigenvalue weighted by molar-refractivity contribution is 0.405. The first kappa shape index (κ1) is 15.9. The van der Waals surface area contributed by atoms with E-state index in [1.165, 1.54) is 11.1 Å². The van der Waals surface area contributed by atoms with Gasteiger partial charge < -0.3 is 10.1 Å². The number of ether oxygens (including phenoxy) is 1. The summed E-state index contributed by atoms with van der Waals surface area (Å²) in [6.45, 7) is 5.05. The molecule has 0 saturated heterocycles. The Morgan fingerprint density at radius 3 is 2.62 bits per heavy atom. The van der Waals surface area contributed by atoms with Gasteiger partial charge in [0.15, 0.2) is 0 Å². The maximum atomic E-state index is 6.27. The molecule has 0 aliphatic carbocycles. The first-order valence-corrected chi connectivity index (χ1v) is 7.64. The zero-order valence-corrected chi connectivity index (χ0v) is 13.6. The second-order valence-electron chi connectivity index (χ2n) is 5.13. The molecule has 0 radical (unpaired) electrons. The van der Waals surface area contributed by atoms with Crippen molar-refractivity contribution in [2.45, 2.75) is 26.3 Å². The summed E-state index contributed by atoms with van der Waals surface area (Å²) in [4.78, 5) is 0. The fourth-order valence-electron chi connectivity index (χ4n) is 2.47. The van der Waals surface area contributed by atoms with Crippen molar-refractivity contribution in [1.82, 2.24) is 5.32 Å². The molecule has 0 spiro atoms. The average molecular weight is 304 g/mol. The molecule has 2 nitrogen and oxygen atoms in total. The van der Waals surface area contributed by atoms with Crippen LogP contribution in [0.3, 0.4) is 0 Å². The molecule has 0 heterocycles. The molecule has 0 amide bonds. The standard InChI is InChI=1S/C18H22ClNO/c1-4-20-17(14-10-9-13(2)16(19)11-14)12-15-7-5-6-8-18(15)21-3/h5-11,17,20H,4,12H2,1-3H3. The van der Waals surface area contributed by atoms with Crippen LogP contribution < -0.4 is 10.1 Å². The molecule has 0 fully saturated rings. The van der Waals surface area contributed by atoms with Gasteiger partial charge in [0.05, 0.1) is 7.11 Å². The highest BCUT2D eigenvalue weighted by Gasteiger charge is 2.14.